The Bertz CT molecular complexity index is 600. The third-order valence-electron chi connectivity index (χ3n) is 4.39. The molecule has 0 spiro atoms. The van der Waals surface area contributed by atoms with Crippen molar-refractivity contribution in [1.82, 2.24) is 9.80 Å². The second-order valence-corrected chi connectivity index (χ2v) is 6.60. The third-order valence-corrected chi connectivity index (χ3v) is 4.39. The van der Waals surface area contributed by atoms with E-state index in [4.69, 9.17) is 9.47 Å². The van der Waals surface area contributed by atoms with Gasteiger partial charge in [-0.25, -0.2) is 4.79 Å². The molecule has 2 N–H and O–H groups in total. The van der Waals surface area contributed by atoms with E-state index in [0.717, 1.165) is 42.1 Å². The van der Waals surface area contributed by atoms with Gasteiger partial charge in [0.2, 0.25) is 0 Å². The van der Waals surface area contributed by atoms with Crippen molar-refractivity contribution in [2.24, 2.45) is 0 Å². The van der Waals surface area contributed by atoms with Gasteiger partial charge in [-0.2, -0.15) is 0 Å². The first-order chi connectivity index (χ1) is 11.5. The minimum absolute atomic E-state index is 0.269. The zero-order valence-electron chi connectivity index (χ0n) is 14.2. The van der Waals surface area contributed by atoms with Crippen molar-refractivity contribution in [3.05, 3.63) is 23.3 Å². The van der Waals surface area contributed by atoms with Gasteiger partial charge in [0.05, 0.1) is 19.2 Å². The maximum Gasteiger partial charge on any atom is 0.407 e. The SMILES string of the molecule is CN(C)CCOc1cc2c(c(N[C@H]3CCOC3)c1)CN(C(=O)O)C2. The van der Waals surface area contributed by atoms with Crippen LogP contribution in [0.25, 0.3) is 0 Å². The van der Waals surface area contributed by atoms with Crippen molar-refractivity contribution in [1.29, 1.82) is 0 Å². The summed E-state index contributed by atoms with van der Waals surface area (Å²) in [5.41, 5.74) is 3.03. The Morgan fingerprint density at radius 1 is 1.46 bits per heavy atom. The fourth-order valence-corrected chi connectivity index (χ4v) is 3.04. The van der Waals surface area contributed by atoms with Crippen LogP contribution in [0.2, 0.25) is 0 Å². The molecule has 132 valence electrons. The molecule has 2 heterocycles. The van der Waals surface area contributed by atoms with Gasteiger partial charge in [0.25, 0.3) is 0 Å². The molecule has 1 aromatic rings. The van der Waals surface area contributed by atoms with Gasteiger partial charge >= 0.3 is 6.09 Å². The molecule has 7 heteroatoms. The number of anilines is 1. The fraction of sp³-hybridized carbons (Fsp3) is 0.588. The van der Waals surface area contributed by atoms with Gasteiger partial charge in [-0.1, -0.05) is 0 Å². The molecular weight excluding hydrogens is 310 g/mol. The molecule has 2 aliphatic heterocycles. The monoisotopic (exact) mass is 335 g/mol. The largest absolute Gasteiger partial charge is 0.492 e. The van der Waals surface area contributed by atoms with E-state index in [0.29, 0.717) is 26.3 Å². The molecule has 1 fully saturated rings. The Balaban J connectivity index is 1.79. The maximum atomic E-state index is 11.3. The fourth-order valence-electron chi connectivity index (χ4n) is 3.04. The van der Waals surface area contributed by atoms with Crippen LogP contribution >= 0.6 is 0 Å². The number of nitrogens with one attached hydrogen (secondary N) is 1. The van der Waals surface area contributed by atoms with Gasteiger partial charge in [0.1, 0.15) is 12.4 Å². The van der Waals surface area contributed by atoms with Crippen LogP contribution in [-0.4, -0.2) is 67.5 Å². The number of hydrogen-bond acceptors (Lipinski definition) is 5. The minimum atomic E-state index is -0.892. The van der Waals surface area contributed by atoms with E-state index < -0.39 is 6.09 Å². The van der Waals surface area contributed by atoms with Crippen LogP contribution in [0.15, 0.2) is 12.1 Å². The van der Waals surface area contributed by atoms with E-state index in [1.165, 1.54) is 4.90 Å². The van der Waals surface area contributed by atoms with E-state index in [9.17, 15) is 9.90 Å². The Kier molecular flexibility index (Phi) is 5.11. The normalized spacial score (nSPS) is 19.6. The summed E-state index contributed by atoms with van der Waals surface area (Å²) >= 11 is 0. The van der Waals surface area contributed by atoms with E-state index in [1.54, 1.807) is 0 Å². The topological polar surface area (TPSA) is 74.3 Å². The van der Waals surface area contributed by atoms with E-state index >= 15 is 0 Å². The van der Waals surface area contributed by atoms with Gasteiger partial charge in [0, 0.05) is 37.0 Å². The molecular formula is C17H25N3O4. The molecule has 3 rings (SSSR count). The van der Waals surface area contributed by atoms with E-state index in [1.807, 2.05) is 26.2 Å². The Hall–Kier alpha value is -1.99. The molecule has 1 amide bonds. The summed E-state index contributed by atoms with van der Waals surface area (Å²) in [4.78, 5) is 14.8. The molecule has 7 nitrogen and oxygen atoms in total. The first kappa shape index (κ1) is 16.9. The Morgan fingerprint density at radius 2 is 2.29 bits per heavy atom. The number of rotatable bonds is 6. The molecule has 0 bridgehead atoms. The highest BCUT2D eigenvalue weighted by molar-refractivity contribution is 5.69. The van der Waals surface area contributed by atoms with Gasteiger partial charge < -0.3 is 24.8 Å². The first-order valence-corrected chi connectivity index (χ1v) is 8.28. The standard InChI is InChI=1S/C17H25N3O4/c1-19(2)4-6-24-14-7-12-9-20(17(21)22)10-15(12)16(8-14)18-13-3-5-23-11-13/h7-8,13,18H,3-6,9-11H2,1-2H3,(H,21,22)/t13-/m0/s1. The van der Waals surface area contributed by atoms with Crippen molar-refractivity contribution >= 4 is 11.8 Å². The van der Waals surface area contributed by atoms with Crippen LogP contribution in [0.5, 0.6) is 5.75 Å². The van der Waals surface area contributed by atoms with Crippen molar-refractivity contribution in [2.45, 2.75) is 25.6 Å². The maximum absolute atomic E-state index is 11.3. The third kappa shape index (κ3) is 3.91. The van der Waals surface area contributed by atoms with Gasteiger partial charge in [-0.3, -0.25) is 4.90 Å². The number of amides is 1. The summed E-state index contributed by atoms with van der Waals surface area (Å²) in [7, 11) is 4.01. The quantitative estimate of drug-likeness (QED) is 0.826. The second kappa shape index (κ2) is 7.27. The van der Waals surface area contributed by atoms with Gasteiger partial charge in [0.15, 0.2) is 0 Å². The van der Waals surface area contributed by atoms with Crippen molar-refractivity contribution in [2.75, 3.05) is 45.8 Å². The highest BCUT2D eigenvalue weighted by Gasteiger charge is 2.27. The molecule has 0 aromatic heterocycles. The van der Waals surface area contributed by atoms with Crippen LogP contribution < -0.4 is 10.1 Å². The van der Waals surface area contributed by atoms with Crippen LogP contribution in [0, 0.1) is 0 Å². The second-order valence-electron chi connectivity index (χ2n) is 6.60. The van der Waals surface area contributed by atoms with Crippen molar-refractivity contribution in [3.8, 4) is 5.75 Å². The zero-order chi connectivity index (χ0) is 17.1. The van der Waals surface area contributed by atoms with Crippen LogP contribution in [0.4, 0.5) is 10.5 Å². The number of ether oxygens (including phenoxy) is 2. The average molecular weight is 335 g/mol. The number of nitrogens with zero attached hydrogens (tertiary/aromatic N) is 2. The number of carbonyl (C=O) groups is 1. The summed E-state index contributed by atoms with van der Waals surface area (Å²) in [6.45, 7) is 3.70. The molecule has 1 saturated heterocycles. The molecule has 0 radical (unpaired) electrons. The van der Waals surface area contributed by atoms with Crippen LogP contribution in [-0.2, 0) is 17.8 Å². The lowest BCUT2D eigenvalue weighted by molar-refractivity contribution is 0.145. The zero-order valence-corrected chi connectivity index (χ0v) is 14.2. The molecule has 2 aliphatic rings. The number of fused-ring (bicyclic) bond motifs is 1. The van der Waals surface area contributed by atoms with Crippen molar-refractivity contribution < 1.29 is 19.4 Å². The molecule has 24 heavy (non-hydrogen) atoms. The highest BCUT2D eigenvalue weighted by Crippen LogP contribution is 2.34. The van der Waals surface area contributed by atoms with E-state index in [-0.39, 0.29) is 6.04 Å². The summed E-state index contributed by atoms with van der Waals surface area (Å²) in [6.07, 6.45) is 0.0692. The lowest BCUT2D eigenvalue weighted by atomic mass is 10.1. The number of benzene rings is 1. The lowest BCUT2D eigenvalue weighted by Gasteiger charge is -2.18. The highest BCUT2D eigenvalue weighted by atomic mass is 16.5. The van der Waals surface area contributed by atoms with Crippen LogP contribution in [0.3, 0.4) is 0 Å². The van der Waals surface area contributed by atoms with E-state index in [2.05, 4.69) is 10.2 Å². The molecule has 0 unspecified atom stereocenters. The Morgan fingerprint density at radius 3 is 2.96 bits per heavy atom. The Labute approximate surface area is 142 Å². The summed E-state index contributed by atoms with van der Waals surface area (Å²) in [5.74, 6) is 0.782. The molecule has 0 saturated carbocycles. The molecule has 1 aromatic carbocycles. The smallest absolute Gasteiger partial charge is 0.407 e. The average Bonchev–Trinajstić information content (AvgIpc) is 3.16. The van der Waals surface area contributed by atoms with Gasteiger partial charge in [-0.15, -0.1) is 0 Å². The number of carboxylic acid groups (broad SMARTS) is 1. The number of hydrogen-bond donors (Lipinski definition) is 2. The minimum Gasteiger partial charge on any atom is -0.492 e. The molecule has 1 atom stereocenters. The lowest BCUT2D eigenvalue weighted by Crippen LogP contribution is -2.23. The molecule has 0 aliphatic carbocycles. The predicted octanol–water partition coefficient (Wildman–Crippen LogP) is 1.82. The summed E-state index contributed by atoms with van der Waals surface area (Å²) in [5, 5.41) is 12.8. The summed E-state index contributed by atoms with van der Waals surface area (Å²) in [6, 6.07) is 4.22. The van der Waals surface area contributed by atoms with Gasteiger partial charge in [-0.05, 0) is 32.1 Å². The number of likely N-dealkylation sites (N-methyl/N-ethyl adjacent to an activating group) is 1. The predicted molar refractivity (Wildman–Crippen MR) is 90.6 cm³/mol. The van der Waals surface area contributed by atoms with Crippen molar-refractivity contribution in [3.63, 3.8) is 0 Å². The first-order valence-electron chi connectivity index (χ1n) is 8.28. The van der Waals surface area contributed by atoms with Crippen LogP contribution in [0.1, 0.15) is 17.5 Å². The summed E-state index contributed by atoms with van der Waals surface area (Å²) < 4.78 is 11.3.